The van der Waals surface area contributed by atoms with Crippen LogP contribution in [0.1, 0.15) is 11.6 Å². The molecule has 1 atom stereocenters. The van der Waals surface area contributed by atoms with Crippen molar-refractivity contribution in [3.63, 3.8) is 0 Å². The predicted octanol–water partition coefficient (Wildman–Crippen LogP) is 2.76. The van der Waals surface area contributed by atoms with Gasteiger partial charge in [0.2, 0.25) is 5.91 Å². The molecule has 1 amide bonds. The van der Waals surface area contributed by atoms with Crippen LogP contribution in [0, 0.1) is 0 Å². The van der Waals surface area contributed by atoms with E-state index in [2.05, 4.69) is 31.5 Å². The number of hydrogen-bond donors (Lipinski definition) is 2. The number of methoxy groups -OCH3 is 1. The third-order valence-corrected chi connectivity index (χ3v) is 3.46. The lowest BCUT2D eigenvalue weighted by molar-refractivity contribution is -0.124. The summed E-state index contributed by atoms with van der Waals surface area (Å²) in [5.41, 5.74) is 1.96. The average Bonchev–Trinajstić information content (AvgIpc) is 2.52. The number of nitrogens with zero attached hydrogens (tertiary/aromatic N) is 1. The van der Waals surface area contributed by atoms with Crippen LogP contribution in [0.4, 0.5) is 5.69 Å². The van der Waals surface area contributed by atoms with E-state index in [-0.39, 0.29) is 18.6 Å². The molecular formula is C16H18BrN3O2. The van der Waals surface area contributed by atoms with Crippen LogP contribution >= 0.6 is 15.9 Å². The number of rotatable bonds is 7. The molecular weight excluding hydrogens is 346 g/mol. The van der Waals surface area contributed by atoms with Crippen LogP contribution in [-0.4, -0.2) is 31.2 Å². The van der Waals surface area contributed by atoms with Gasteiger partial charge in [-0.15, -0.1) is 0 Å². The van der Waals surface area contributed by atoms with E-state index in [0.29, 0.717) is 6.54 Å². The van der Waals surface area contributed by atoms with Crippen molar-refractivity contribution in [1.82, 2.24) is 10.3 Å². The van der Waals surface area contributed by atoms with Gasteiger partial charge in [-0.05, 0) is 27.6 Å². The minimum absolute atomic E-state index is 0.0555. The summed E-state index contributed by atoms with van der Waals surface area (Å²) in [5, 5.41) is 6.24. The normalized spacial score (nSPS) is 11.7. The number of pyridine rings is 1. The Hall–Kier alpha value is -1.92. The van der Waals surface area contributed by atoms with Gasteiger partial charge in [0.15, 0.2) is 0 Å². The molecule has 1 aromatic carbocycles. The fraction of sp³-hybridized carbons (Fsp3) is 0.250. The molecule has 0 saturated carbocycles. The Morgan fingerprint density at radius 3 is 2.77 bits per heavy atom. The SMILES string of the molecule is COCC(=O)NC[C@H](Nc1cncc(Br)c1)c1ccccc1. The van der Waals surface area contributed by atoms with Gasteiger partial charge in [-0.3, -0.25) is 9.78 Å². The summed E-state index contributed by atoms with van der Waals surface area (Å²) in [6.45, 7) is 0.513. The zero-order valence-electron chi connectivity index (χ0n) is 12.3. The lowest BCUT2D eigenvalue weighted by atomic mass is 10.1. The summed E-state index contributed by atoms with van der Waals surface area (Å²) in [5.74, 6) is -0.141. The molecule has 22 heavy (non-hydrogen) atoms. The van der Waals surface area contributed by atoms with E-state index in [4.69, 9.17) is 4.74 Å². The largest absolute Gasteiger partial charge is 0.375 e. The van der Waals surface area contributed by atoms with Gasteiger partial charge < -0.3 is 15.4 Å². The summed E-state index contributed by atoms with van der Waals surface area (Å²) in [7, 11) is 1.50. The highest BCUT2D eigenvalue weighted by molar-refractivity contribution is 9.10. The summed E-state index contributed by atoms with van der Waals surface area (Å²) < 4.78 is 5.72. The first-order chi connectivity index (χ1) is 10.7. The molecule has 0 saturated heterocycles. The Bertz CT molecular complexity index is 607. The van der Waals surface area contributed by atoms with Crippen LogP contribution in [0.2, 0.25) is 0 Å². The maximum absolute atomic E-state index is 11.6. The zero-order chi connectivity index (χ0) is 15.8. The number of benzene rings is 1. The van der Waals surface area contributed by atoms with Gasteiger partial charge in [0.1, 0.15) is 6.61 Å². The Kier molecular flexibility index (Phi) is 6.36. The highest BCUT2D eigenvalue weighted by Crippen LogP contribution is 2.20. The Morgan fingerprint density at radius 1 is 1.32 bits per heavy atom. The van der Waals surface area contributed by atoms with Crippen molar-refractivity contribution >= 4 is 27.5 Å². The van der Waals surface area contributed by atoms with E-state index >= 15 is 0 Å². The van der Waals surface area contributed by atoms with Gasteiger partial charge in [-0.25, -0.2) is 0 Å². The number of amides is 1. The monoisotopic (exact) mass is 363 g/mol. The van der Waals surface area contributed by atoms with Crippen LogP contribution in [0.15, 0.2) is 53.3 Å². The number of halogens is 1. The fourth-order valence-corrected chi connectivity index (χ4v) is 2.39. The Balaban J connectivity index is 2.09. The van der Waals surface area contributed by atoms with E-state index in [1.807, 2.05) is 36.4 Å². The third-order valence-electron chi connectivity index (χ3n) is 3.03. The predicted molar refractivity (Wildman–Crippen MR) is 89.6 cm³/mol. The molecule has 2 rings (SSSR count). The average molecular weight is 364 g/mol. The minimum Gasteiger partial charge on any atom is -0.375 e. The zero-order valence-corrected chi connectivity index (χ0v) is 13.8. The fourth-order valence-electron chi connectivity index (χ4n) is 2.03. The second-order valence-electron chi connectivity index (χ2n) is 4.74. The Morgan fingerprint density at radius 2 is 2.09 bits per heavy atom. The van der Waals surface area contributed by atoms with Gasteiger partial charge in [0.25, 0.3) is 0 Å². The maximum atomic E-state index is 11.6. The van der Waals surface area contributed by atoms with E-state index in [1.54, 1.807) is 12.4 Å². The lowest BCUT2D eigenvalue weighted by Gasteiger charge is -2.21. The molecule has 1 aromatic heterocycles. The summed E-state index contributed by atoms with van der Waals surface area (Å²) in [6, 6.07) is 11.8. The minimum atomic E-state index is -0.141. The van der Waals surface area contributed by atoms with Crippen LogP contribution in [0.5, 0.6) is 0 Å². The van der Waals surface area contributed by atoms with Crippen molar-refractivity contribution in [2.45, 2.75) is 6.04 Å². The number of carbonyl (C=O) groups excluding carboxylic acids is 1. The molecule has 0 spiro atoms. The third kappa shape index (κ3) is 5.13. The van der Waals surface area contributed by atoms with Crippen LogP contribution in [0.3, 0.4) is 0 Å². The number of aromatic nitrogens is 1. The van der Waals surface area contributed by atoms with Gasteiger partial charge >= 0.3 is 0 Å². The van der Waals surface area contributed by atoms with E-state index < -0.39 is 0 Å². The molecule has 0 fully saturated rings. The van der Waals surface area contributed by atoms with Crippen molar-refractivity contribution in [2.75, 3.05) is 25.6 Å². The van der Waals surface area contributed by atoms with Crippen LogP contribution < -0.4 is 10.6 Å². The quantitative estimate of drug-likeness (QED) is 0.793. The van der Waals surface area contributed by atoms with E-state index in [9.17, 15) is 4.79 Å². The van der Waals surface area contributed by atoms with Crippen molar-refractivity contribution < 1.29 is 9.53 Å². The van der Waals surface area contributed by atoms with Gasteiger partial charge in [0.05, 0.1) is 17.9 Å². The standard InChI is InChI=1S/C16H18BrN3O2/c1-22-11-16(21)19-10-15(12-5-3-2-4-6-12)20-14-7-13(17)8-18-9-14/h2-9,15,20H,10-11H2,1H3,(H,19,21)/t15-/m0/s1. The van der Waals surface area contributed by atoms with Gasteiger partial charge in [0, 0.05) is 24.3 Å². The molecule has 116 valence electrons. The van der Waals surface area contributed by atoms with Crippen molar-refractivity contribution in [1.29, 1.82) is 0 Å². The first kappa shape index (κ1) is 16.5. The van der Waals surface area contributed by atoms with Crippen LogP contribution in [-0.2, 0) is 9.53 Å². The number of hydrogen-bond acceptors (Lipinski definition) is 4. The second kappa shape index (κ2) is 8.51. The molecule has 0 aliphatic rings. The molecule has 2 N–H and O–H groups in total. The first-order valence-corrected chi connectivity index (χ1v) is 7.66. The highest BCUT2D eigenvalue weighted by atomic mass is 79.9. The molecule has 0 aliphatic carbocycles. The van der Waals surface area contributed by atoms with E-state index in [0.717, 1.165) is 15.7 Å². The maximum Gasteiger partial charge on any atom is 0.246 e. The molecule has 0 unspecified atom stereocenters. The molecule has 2 aromatic rings. The van der Waals surface area contributed by atoms with Crippen LogP contribution in [0.25, 0.3) is 0 Å². The van der Waals surface area contributed by atoms with E-state index in [1.165, 1.54) is 7.11 Å². The molecule has 0 aliphatic heterocycles. The van der Waals surface area contributed by atoms with Crippen molar-refractivity contribution in [3.8, 4) is 0 Å². The van der Waals surface area contributed by atoms with Gasteiger partial charge in [-0.1, -0.05) is 30.3 Å². The highest BCUT2D eigenvalue weighted by Gasteiger charge is 2.13. The summed E-state index contributed by atoms with van der Waals surface area (Å²) in [6.07, 6.45) is 3.47. The Labute approximate surface area is 138 Å². The lowest BCUT2D eigenvalue weighted by Crippen LogP contribution is -2.33. The number of anilines is 1. The molecule has 0 radical (unpaired) electrons. The summed E-state index contributed by atoms with van der Waals surface area (Å²) >= 11 is 3.40. The number of carbonyl (C=O) groups is 1. The smallest absolute Gasteiger partial charge is 0.246 e. The molecule has 5 nitrogen and oxygen atoms in total. The first-order valence-electron chi connectivity index (χ1n) is 6.86. The molecule has 6 heteroatoms. The molecule has 0 bridgehead atoms. The van der Waals surface area contributed by atoms with Gasteiger partial charge in [-0.2, -0.15) is 0 Å². The van der Waals surface area contributed by atoms with Crippen molar-refractivity contribution in [3.05, 3.63) is 58.8 Å². The topological polar surface area (TPSA) is 63.2 Å². The second-order valence-corrected chi connectivity index (χ2v) is 5.65. The number of nitrogens with one attached hydrogen (secondary N) is 2. The van der Waals surface area contributed by atoms with Crippen molar-refractivity contribution in [2.24, 2.45) is 0 Å². The summed E-state index contributed by atoms with van der Waals surface area (Å²) in [4.78, 5) is 15.7. The number of ether oxygens (including phenoxy) is 1. The molecule has 1 heterocycles.